The highest BCUT2D eigenvalue weighted by Crippen LogP contribution is 2.22. The summed E-state index contributed by atoms with van der Waals surface area (Å²) in [6.07, 6.45) is 6.08. The number of aromatic nitrogens is 3. The van der Waals surface area contributed by atoms with Crippen LogP contribution in [0.15, 0.2) is 36.7 Å². The number of esters is 1. The Kier molecular flexibility index (Phi) is 7.21. The zero-order valence-electron chi connectivity index (χ0n) is 17.2. The highest BCUT2D eigenvalue weighted by molar-refractivity contribution is 5.96. The van der Waals surface area contributed by atoms with Gasteiger partial charge >= 0.3 is 11.9 Å². The van der Waals surface area contributed by atoms with Gasteiger partial charge in [-0.15, -0.1) is 6.42 Å². The largest absolute Gasteiger partial charge is 0.481 e. The molecule has 0 aliphatic heterocycles. The molecule has 33 heavy (non-hydrogen) atoms. The molecule has 11 nitrogen and oxygen atoms in total. The van der Waals surface area contributed by atoms with Gasteiger partial charge in [-0.2, -0.15) is 5.10 Å². The third-order valence-corrected chi connectivity index (χ3v) is 4.10. The van der Waals surface area contributed by atoms with Gasteiger partial charge in [-0.05, 0) is 30.3 Å². The number of aliphatic carboxylic acids is 1. The lowest BCUT2D eigenvalue weighted by Gasteiger charge is -2.10. The normalized spacial score (nSPS) is 10.0. The molecule has 0 unspecified atom stereocenters. The first-order valence-electron chi connectivity index (χ1n) is 9.39. The number of nitrogens with two attached hydrogens (primary N) is 1. The monoisotopic (exact) mass is 446 g/mol. The number of ether oxygens (including phenoxy) is 2. The third kappa shape index (κ3) is 5.85. The van der Waals surface area contributed by atoms with Crippen LogP contribution in [0.2, 0.25) is 0 Å². The maximum Gasteiger partial charge on any atom is 0.344 e. The maximum absolute atomic E-state index is 12.9. The zero-order valence-corrected chi connectivity index (χ0v) is 17.2. The van der Waals surface area contributed by atoms with Crippen LogP contribution in [0, 0.1) is 29.6 Å². The number of benzene rings is 1. The van der Waals surface area contributed by atoms with Gasteiger partial charge < -0.3 is 25.6 Å². The minimum absolute atomic E-state index is 0.0501. The number of carbonyl (C=O) groups is 2. The van der Waals surface area contributed by atoms with Crippen molar-refractivity contribution >= 4 is 29.2 Å². The van der Waals surface area contributed by atoms with Gasteiger partial charge in [0.05, 0.1) is 17.7 Å². The quantitative estimate of drug-likeness (QED) is 0.135. The number of nitrogens with zero attached hydrogens (tertiary/aromatic N) is 3. The van der Waals surface area contributed by atoms with Crippen LogP contribution in [0.25, 0.3) is 5.65 Å². The molecule has 1 aromatic carbocycles. The number of nitrogens with one attached hydrogen (secondary N) is 2. The second-order valence-corrected chi connectivity index (χ2v) is 6.44. The molecule has 0 amide bonds. The smallest absolute Gasteiger partial charge is 0.344 e. The summed E-state index contributed by atoms with van der Waals surface area (Å²) in [6.45, 7) is 0.149. The van der Waals surface area contributed by atoms with Crippen LogP contribution in [0.3, 0.4) is 0 Å². The number of hydrogen-bond donors (Lipinski definition) is 4. The number of guanidine groups is 1. The van der Waals surface area contributed by atoms with E-state index in [0.29, 0.717) is 16.9 Å². The lowest BCUT2D eigenvalue weighted by molar-refractivity contribution is -0.136. The molecular weight excluding hydrogens is 428 g/mol. The van der Waals surface area contributed by atoms with E-state index in [2.05, 4.69) is 33.2 Å². The van der Waals surface area contributed by atoms with E-state index in [-0.39, 0.29) is 42.6 Å². The molecule has 3 rings (SSSR count). The number of rotatable bonds is 7. The Balaban J connectivity index is 1.91. The van der Waals surface area contributed by atoms with Gasteiger partial charge in [0.2, 0.25) is 0 Å². The summed E-state index contributed by atoms with van der Waals surface area (Å²) in [5.41, 5.74) is 6.81. The van der Waals surface area contributed by atoms with Crippen molar-refractivity contribution in [3.05, 3.63) is 53.5 Å². The fourth-order valence-electron chi connectivity index (χ4n) is 2.81. The molecule has 0 bridgehead atoms. The average Bonchev–Trinajstić information content (AvgIpc) is 3.25. The van der Waals surface area contributed by atoms with Gasteiger partial charge in [-0.3, -0.25) is 10.2 Å². The maximum atomic E-state index is 12.9. The molecule has 0 radical (unpaired) electrons. The number of anilines is 1. The van der Waals surface area contributed by atoms with Gasteiger partial charge in [0.25, 0.3) is 0 Å². The molecule has 2 heterocycles. The van der Waals surface area contributed by atoms with Crippen molar-refractivity contribution in [3.8, 4) is 29.9 Å². The number of carboxylic acids is 1. The molecule has 0 saturated carbocycles. The molecular formula is C22H18N6O5. The van der Waals surface area contributed by atoms with Gasteiger partial charge in [0.1, 0.15) is 19.5 Å². The summed E-state index contributed by atoms with van der Waals surface area (Å²) >= 11 is 0. The summed E-state index contributed by atoms with van der Waals surface area (Å²) in [6, 6.07) is 7.49. The van der Waals surface area contributed by atoms with Crippen molar-refractivity contribution in [2.75, 3.05) is 18.5 Å². The zero-order chi connectivity index (χ0) is 23.8. The van der Waals surface area contributed by atoms with Gasteiger partial charge in [0.15, 0.2) is 17.4 Å². The van der Waals surface area contributed by atoms with E-state index >= 15 is 0 Å². The summed E-state index contributed by atoms with van der Waals surface area (Å²) in [5, 5.41) is 23.0. The van der Waals surface area contributed by atoms with Crippen molar-refractivity contribution in [1.82, 2.24) is 14.6 Å². The van der Waals surface area contributed by atoms with E-state index in [0.717, 1.165) is 0 Å². The van der Waals surface area contributed by atoms with Crippen molar-refractivity contribution in [3.63, 3.8) is 0 Å². The van der Waals surface area contributed by atoms with Crippen LogP contribution in [-0.2, 0) is 16.0 Å². The minimum atomic E-state index is -1.04. The van der Waals surface area contributed by atoms with E-state index in [1.165, 1.54) is 35.1 Å². The fourth-order valence-corrected chi connectivity index (χ4v) is 2.81. The Morgan fingerprint density at radius 3 is 2.82 bits per heavy atom. The summed E-state index contributed by atoms with van der Waals surface area (Å²) < 4.78 is 11.9. The fraction of sp³-hybridized carbons (Fsp3) is 0.136. The highest BCUT2D eigenvalue weighted by atomic mass is 16.5. The van der Waals surface area contributed by atoms with Crippen LogP contribution in [0.1, 0.15) is 21.6 Å². The second kappa shape index (κ2) is 10.4. The first kappa shape index (κ1) is 22.8. The van der Waals surface area contributed by atoms with Crippen LogP contribution in [0.4, 0.5) is 5.69 Å². The minimum Gasteiger partial charge on any atom is -0.481 e. The Morgan fingerprint density at radius 1 is 1.27 bits per heavy atom. The number of carbonyl (C=O) groups excluding carboxylic acids is 1. The second-order valence-electron chi connectivity index (χ2n) is 6.44. The predicted molar refractivity (Wildman–Crippen MR) is 118 cm³/mol. The standard InChI is InChI=1S/C22H18N6O5/c1-2-9-32-10-3-4-14-11-15(27-22(23)24)5-7-17(14)21(31)33-18-8-6-16(12-19(29)30)28-20(18)25-13-26-28/h1,5-8,11,13H,9-10,12H2,(H,29,30)(H4,23,24,27). The number of hydrogen-bond acceptors (Lipinski definition) is 7. The van der Waals surface area contributed by atoms with E-state index in [9.17, 15) is 9.59 Å². The van der Waals surface area contributed by atoms with Crippen LogP contribution in [-0.4, -0.2) is 50.8 Å². The van der Waals surface area contributed by atoms with Crippen molar-refractivity contribution in [1.29, 1.82) is 5.41 Å². The average molecular weight is 446 g/mol. The topological polar surface area (TPSA) is 165 Å². The molecule has 0 saturated heterocycles. The van der Waals surface area contributed by atoms with Gasteiger partial charge in [-0.25, -0.2) is 14.3 Å². The number of carboxylic acid groups (broad SMARTS) is 1. The van der Waals surface area contributed by atoms with Gasteiger partial charge in [0, 0.05) is 11.3 Å². The van der Waals surface area contributed by atoms with Crippen molar-refractivity contribution in [2.45, 2.75) is 6.42 Å². The number of fused-ring (bicyclic) bond motifs is 1. The summed E-state index contributed by atoms with van der Waals surface area (Å²) in [4.78, 5) is 28.1. The molecule has 0 atom stereocenters. The molecule has 0 aliphatic carbocycles. The van der Waals surface area contributed by atoms with Gasteiger partial charge in [-0.1, -0.05) is 17.8 Å². The molecule has 11 heteroatoms. The molecule has 166 valence electrons. The van der Waals surface area contributed by atoms with E-state index in [1.54, 1.807) is 6.07 Å². The third-order valence-electron chi connectivity index (χ3n) is 4.10. The molecule has 5 N–H and O–H groups in total. The van der Waals surface area contributed by atoms with E-state index in [4.69, 9.17) is 32.1 Å². The summed E-state index contributed by atoms with van der Waals surface area (Å²) in [7, 11) is 0. The molecule has 2 aromatic heterocycles. The van der Waals surface area contributed by atoms with Crippen molar-refractivity contribution in [2.24, 2.45) is 5.73 Å². The lowest BCUT2D eigenvalue weighted by Crippen LogP contribution is -2.20. The van der Waals surface area contributed by atoms with Crippen LogP contribution >= 0.6 is 0 Å². The first-order valence-corrected chi connectivity index (χ1v) is 9.39. The first-order chi connectivity index (χ1) is 15.9. The summed E-state index contributed by atoms with van der Waals surface area (Å²) in [5.74, 6) is 5.95. The molecule has 0 spiro atoms. The lowest BCUT2D eigenvalue weighted by atomic mass is 10.1. The molecule has 0 aliphatic rings. The number of pyridine rings is 1. The SMILES string of the molecule is C#CCOCC#Cc1cc(NC(=N)N)ccc1C(=O)Oc1ccc(CC(=O)O)n2ncnc12. The van der Waals surface area contributed by atoms with E-state index in [1.807, 2.05) is 0 Å². The Labute approximate surface area is 188 Å². The Bertz CT molecular complexity index is 1330. The Morgan fingerprint density at radius 2 is 2.09 bits per heavy atom. The molecule has 0 fully saturated rings. The van der Waals surface area contributed by atoms with E-state index < -0.39 is 11.9 Å². The van der Waals surface area contributed by atoms with Crippen LogP contribution in [0.5, 0.6) is 5.75 Å². The predicted octanol–water partition coefficient (Wildman–Crippen LogP) is 0.882. The molecule has 3 aromatic rings. The van der Waals surface area contributed by atoms with Crippen LogP contribution < -0.4 is 15.8 Å². The number of terminal acetylenes is 1. The van der Waals surface area contributed by atoms with Crippen molar-refractivity contribution < 1.29 is 24.2 Å². The highest BCUT2D eigenvalue weighted by Gasteiger charge is 2.18. The Hall–Kier alpha value is -4.87.